The molecule has 1 N–H and O–H groups in total. The smallest absolute Gasteiger partial charge is 0.308 e. The number of pyridine rings is 1. The van der Waals surface area contributed by atoms with Gasteiger partial charge in [0, 0.05) is 38.4 Å². The van der Waals surface area contributed by atoms with Crippen molar-refractivity contribution in [3.05, 3.63) is 23.9 Å². The molecule has 1 aromatic rings. The minimum atomic E-state index is -0.116. The minimum Gasteiger partial charge on any atom is -0.478 e. The number of carbonyl (C=O) groups is 1. The summed E-state index contributed by atoms with van der Waals surface area (Å²) >= 11 is 0. The fourth-order valence-corrected chi connectivity index (χ4v) is 2.83. The summed E-state index contributed by atoms with van der Waals surface area (Å²) < 4.78 is 10.4. The zero-order valence-electron chi connectivity index (χ0n) is 14.6. The number of nitrogens with one attached hydrogen (secondary N) is 1. The zero-order valence-corrected chi connectivity index (χ0v) is 14.6. The third kappa shape index (κ3) is 4.59. The Morgan fingerprint density at radius 2 is 2.21 bits per heavy atom. The Bertz CT molecular complexity index is 569. The highest BCUT2D eigenvalue weighted by Gasteiger charge is 2.26. The van der Waals surface area contributed by atoms with Crippen LogP contribution < -0.4 is 10.1 Å². The van der Waals surface area contributed by atoms with Crippen LogP contribution in [0.1, 0.15) is 25.3 Å². The van der Waals surface area contributed by atoms with Crippen LogP contribution in [0.5, 0.6) is 5.88 Å². The molecule has 1 aromatic heterocycles. The van der Waals surface area contributed by atoms with Crippen LogP contribution in [0.3, 0.4) is 0 Å². The molecule has 0 amide bonds. The van der Waals surface area contributed by atoms with Gasteiger partial charge in [-0.25, -0.2) is 4.98 Å². The first-order valence-electron chi connectivity index (χ1n) is 8.29. The molecule has 0 bridgehead atoms. The molecule has 1 saturated heterocycles. The molecule has 0 aliphatic carbocycles. The Kier molecular flexibility index (Phi) is 6.84. The lowest BCUT2D eigenvalue weighted by Crippen LogP contribution is -2.46. The fourth-order valence-electron chi connectivity index (χ4n) is 2.83. The van der Waals surface area contributed by atoms with Gasteiger partial charge in [-0.3, -0.25) is 9.79 Å². The van der Waals surface area contributed by atoms with E-state index in [1.165, 1.54) is 7.11 Å². The molecule has 24 heavy (non-hydrogen) atoms. The number of ether oxygens (including phenoxy) is 2. The number of nitrogens with zero attached hydrogens (tertiary/aromatic N) is 3. The average Bonchev–Trinajstić information content (AvgIpc) is 2.63. The molecule has 0 saturated carbocycles. The van der Waals surface area contributed by atoms with E-state index in [9.17, 15) is 4.79 Å². The number of rotatable bonds is 5. The molecule has 0 unspecified atom stereocenters. The maximum Gasteiger partial charge on any atom is 0.308 e. The molecule has 7 nitrogen and oxygen atoms in total. The normalized spacial score (nSPS) is 16.0. The van der Waals surface area contributed by atoms with Gasteiger partial charge in [-0.05, 0) is 25.8 Å². The average molecular weight is 334 g/mol. The van der Waals surface area contributed by atoms with Crippen LogP contribution in [0, 0.1) is 5.92 Å². The SMILES string of the molecule is CCOc1ncccc1CNC(=NC)N1CCC(C(=O)OC)CC1. The molecule has 2 heterocycles. The van der Waals surface area contributed by atoms with E-state index in [4.69, 9.17) is 9.47 Å². The van der Waals surface area contributed by atoms with Crippen molar-refractivity contribution in [2.45, 2.75) is 26.3 Å². The van der Waals surface area contributed by atoms with Gasteiger partial charge in [0.25, 0.3) is 0 Å². The van der Waals surface area contributed by atoms with Crippen molar-refractivity contribution in [2.24, 2.45) is 10.9 Å². The number of aliphatic imine (C=N–C) groups is 1. The summed E-state index contributed by atoms with van der Waals surface area (Å²) in [5, 5.41) is 3.35. The van der Waals surface area contributed by atoms with E-state index in [1.807, 2.05) is 19.1 Å². The third-order valence-corrected chi connectivity index (χ3v) is 4.11. The molecule has 1 aliphatic heterocycles. The predicted molar refractivity (Wildman–Crippen MR) is 91.9 cm³/mol. The Morgan fingerprint density at radius 3 is 2.83 bits per heavy atom. The van der Waals surface area contributed by atoms with Crippen LogP contribution in [-0.2, 0) is 16.1 Å². The van der Waals surface area contributed by atoms with Gasteiger partial charge < -0.3 is 19.7 Å². The van der Waals surface area contributed by atoms with Gasteiger partial charge in [0.15, 0.2) is 5.96 Å². The van der Waals surface area contributed by atoms with Crippen molar-refractivity contribution < 1.29 is 14.3 Å². The number of esters is 1. The number of guanidine groups is 1. The van der Waals surface area contributed by atoms with Crippen molar-refractivity contribution in [1.29, 1.82) is 0 Å². The van der Waals surface area contributed by atoms with E-state index in [1.54, 1.807) is 13.2 Å². The summed E-state index contributed by atoms with van der Waals surface area (Å²) in [5.41, 5.74) is 0.991. The number of hydrogen-bond acceptors (Lipinski definition) is 5. The molecule has 2 rings (SSSR count). The summed E-state index contributed by atoms with van der Waals surface area (Å²) in [6, 6.07) is 3.88. The number of hydrogen-bond donors (Lipinski definition) is 1. The second-order valence-electron chi connectivity index (χ2n) is 5.59. The topological polar surface area (TPSA) is 76.0 Å². The van der Waals surface area contributed by atoms with Gasteiger partial charge in [-0.1, -0.05) is 6.07 Å². The first kappa shape index (κ1) is 18.0. The van der Waals surface area contributed by atoms with Crippen LogP contribution in [0.15, 0.2) is 23.3 Å². The Morgan fingerprint density at radius 1 is 1.46 bits per heavy atom. The number of piperidine rings is 1. The van der Waals surface area contributed by atoms with Gasteiger partial charge in [0.1, 0.15) is 0 Å². The molecule has 0 radical (unpaired) electrons. The molecule has 7 heteroatoms. The highest BCUT2D eigenvalue weighted by molar-refractivity contribution is 5.80. The minimum absolute atomic E-state index is 0.00719. The van der Waals surface area contributed by atoms with Gasteiger partial charge in [0.05, 0.1) is 19.6 Å². The van der Waals surface area contributed by atoms with E-state index in [0.717, 1.165) is 37.5 Å². The van der Waals surface area contributed by atoms with Crippen LogP contribution in [-0.4, -0.2) is 55.7 Å². The molecule has 0 atom stereocenters. The maximum atomic E-state index is 11.6. The van der Waals surface area contributed by atoms with Crippen LogP contribution >= 0.6 is 0 Å². The molecule has 0 aromatic carbocycles. The third-order valence-electron chi connectivity index (χ3n) is 4.11. The van der Waals surface area contributed by atoms with Crippen molar-refractivity contribution >= 4 is 11.9 Å². The summed E-state index contributed by atoms with van der Waals surface area (Å²) in [7, 11) is 3.21. The van der Waals surface area contributed by atoms with Crippen molar-refractivity contribution in [1.82, 2.24) is 15.2 Å². The van der Waals surface area contributed by atoms with Crippen LogP contribution in [0.25, 0.3) is 0 Å². The number of aromatic nitrogens is 1. The summed E-state index contributed by atoms with van der Waals surface area (Å²) in [6.07, 6.45) is 3.29. The highest BCUT2D eigenvalue weighted by Crippen LogP contribution is 2.19. The number of methoxy groups -OCH3 is 1. The molecule has 1 aliphatic rings. The number of carbonyl (C=O) groups excluding carboxylic acids is 1. The van der Waals surface area contributed by atoms with E-state index in [2.05, 4.69) is 20.2 Å². The van der Waals surface area contributed by atoms with Gasteiger partial charge in [-0.15, -0.1) is 0 Å². The first-order chi connectivity index (χ1) is 11.7. The summed E-state index contributed by atoms with van der Waals surface area (Å²) in [6.45, 7) is 4.68. The van der Waals surface area contributed by atoms with Crippen LogP contribution in [0.4, 0.5) is 0 Å². The Labute approximate surface area is 143 Å². The van der Waals surface area contributed by atoms with Gasteiger partial charge >= 0.3 is 5.97 Å². The lowest BCUT2D eigenvalue weighted by molar-refractivity contribution is -0.146. The zero-order chi connectivity index (χ0) is 17.4. The Balaban J connectivity index is 1.91. The standard InChI is InChI=1S/C17H26N4O3/c1-4-24-15-14(6-5-9-19-15)12-20-17(18-2)21-10-7-13(8-11-21)16(22)23-3/h5-6,9,13H,4,7-8,10-12H2,1-3H3,(H,18,20). The van der Waals surface area contributed by atoms with Crippen molar-refractivity contribution in [3.63, 3.8) is 0 Å². The largest absolute Gasteiger partial charge is 0.478 e. The second kappa shape index (κ2) is 9.10. The summed E-state index contributed by atoms with van der Waals surface area (Å²) in [4.78, 5) is 22.4. The Hall–Kier alpha value is -2.31. The maximum absolute atomic E-state index is 11.6. The van der Waals surface area contributed by atoms with E-state index in [0.29, 0.717) is 19.0 Å². The van der Waals surface area contributed by atoms with E-state index in [-0.39, 0.29) is 11.9 Å². The lowest BCUT2D eigenvalue weighted by atomic mass is 9.97. The molecular weight excluding hydrogens is 308 g/mol. The second-order valence-corrected chi connectivity index (χ2v) is 5.59. The van der Waals surface area contributed by atoms with E-state index >= 15 is 0 Å². The van der Waals surface area contributed by atoms with Gasteiger partial charge in [0.2, 0.25) is 5.88 Å². The fraction of sp³-hybridized carbons (Fsp3) is 0.588. The molecule has 1 fully saturated rings. The highest BCUT2D eigenvalue weighted by atomic mass is 16.5. The molecular formula is C17H26N4O3. The van der Waals surface area contributed by atoms with Crippen molar-refractivity contribution in [2.75, 3.05) is 33.9 Å². The first-order valence-corrected chi connectivity index (χ1v) is 8.29. The van der Waals surface area contributed by atoms with Crippen LogP contribution in [0.2, 0.25) is 0 Å². The summed E-state index contributed by atoms with van der Waals surface area (Å²) in [5.74, 6) is 1.35. The molecule has 132 valence electrons. The predicted octanol–water partition coefficient (Wildman–Crippen LogP) is 1.44. The van der Waals surface area contributed by atoms with Crippen molar-refractivity contribution in [3.8, 4) is 5.88 Å². The quantitative estimate of drug-likeness (QED) is 0.499. The molecule has 0 spiro atoms. The lowest BCUT2D eigenvalue weighted by Gasteiger charge is -2.33. The van der Waals surface area contributed by atoms with Gasteiger partial charge in [-0.2, -0.15) is 0 Å². The van der Waals surface area contributed by atoms with E-state index < -0.39 is 0 Å². The number of likely N-dealkylation sites (tertiary alicyclic amines) is 1. The monoisotopic (exact) mass is 334 g/mol.